The van der Waals surface area contributed by atoms with Crippen molar-refractivity contribution in [2.75, 3.05) is 0 Å². The molecule has 110 valence electrons. The Morgan fingerprint density at radius 2 is 1.35 bits per heavy atom. The minimum atomic E-state index is 0.315. The van der Waals surface area contributed by atoms with E-state index >= 15 is 0 Å². The lowest BCUT2D eigenvalue weighted by molar-refractivity contribution is 0.381. The standard InChI is InChI=1S/C16H26N4/c1-2-3-4-5-6-7-8-9-16(19-12-10-17-14-19)20-13-11-18-15-20/h10-16H,2-9H2,1H3. The van der Waals surface area contributed by atoms with Gasteiger partial charge in [-0.2, -0.15) is 0 Å². The molecule has 0 aliphatic rings. The van der Waals surface area contributed by atoms with E-state index in [-0.39, 0.29) is 0 Å². The highest BCUT2D eigenvalue weighted by Gasteiger charge is 2.11. The molecule has 0 aromatic carbocycles. The molecule has 0 fully saturated rings. The normalized spacial score (nSPS) is 11.3. The predicted molar refractivity (Wildman–Crippen MR) is 81.5 cm³/mol. The second-order valence-electron chi connectivity index (χ2n) is 5.41. The molecule has 0 radical (unpaired) electrons. The average molecular weight is 274 g/mol. The fourth-order valence-electron chi connectivity index (χ4n) is 2.63. The van der Waals surface area contributed by atoms with E-state index in [0.29, 0.717) is 6.17 Å². The molecule has 2 heterocycles. The first-order valence-electron chi connectivity index (χ1n) is 7.86. The molecule has 20 heavy (non-hydrogen) atoms. The lowest BCUT2D eigenvalue weighted by Crippen LogP contribution is -2.15. The van der Waals surface area contributed by atoms with Gasteiger partial charge < -0.3 is 9.13 Å². The molecule has 2 rings (SSSR count). The molecule has 2 aromatic heterocycles. The van der Waals surface area contributed by atoms with Gasteiger partial charge in [0.15, 0.2) is 0 Å². The van der Waals surface area contributed by atoms with Gasteiger partial charge in [0.05, 0.1) is 12.7 Å². The highest BCUT2D eigenvalue weighted by atomic mass is 15.2. The number of nitrogens with zero attached hydrogens (tertiary/aromatic N) is 4. The molecule has 0 saturated carbocycles. The molecule has 4 nitrogen and oxygen atoms in total. The average Bonchev–Trinajstić information content (AvgIpc) is 3.14. The van der Waals surface area contributed by atoms with Crippen LogP contribution in [0.4, 0.5) is 0 Å². The van der Waals surface area contributed by atoms with Gasteiger partial charge in [0.2, 0.25) is 0 Å². The third-order valence-electron chi connectivity index (χ3n) is 3.80. The molecule has 0 atom stereocenters. The monoisotopic (exact) mass is 274 g/mol. The number of hydrogen-bond acceptors (Lipinski definition) is 2. The molecule has 0 aliphatic heterocycles. The SMILES string of the molecule is CCCCCCCCCC(n1ccnc1)n1ccnc1. The molecule has 0 N–H and O–H groups in total. The summed E-state index contributed by atoms with van der Waals surface area (Å²) >= 11 is 0. The van der Waals surface area contributed by atoms with E-state index in [9.17, 15) is 0 Å². The van der Waals surface area contributed by atoms with Crippen molar-refractivity contribution in [1.82, 2.24) is 19.1 Å². The summed E-state index contributed by atoms with van der Waals surface area (Å²) < 4.78 is 4.33. The van der Waals surface area contributed by atoms with E-state index in [1.807, 2.05) is 37.4 Å². The fraction of sp³-hybridized carbons (Fsp3) is 0.625. The molecule has 4 heteroatoms. The number of unbranched alkanes of at least 4 members (excludes halogenated alkanes) is 6. The molecule has 2 aromatic rings. The maximum Gasteiger partial charge on any atom is 0.112 e. The third-order valence-corrected chi connectivity index (χ3v) is 3.80. The molecule has 0 bridgehead atoms. The van der Waals surface area contributed by atoms with Crippen molar-refractivity contribution in [1.29, 1.82) is 0 Å². The zero-order valence-electron chi connectivity index (χ0n) is 12.5. The van der Waals surface area contributed by atoms with Crippen molar-refractivity contribution in [2.45, 2.75) is 64.5 Å². The molecule has 0 aliphatic carbocycles. The van der Waals surface area contributed by atoms with Gasteiger partial charge in [0, 0.05) is 24.8 Å². The maximum atomic E-state index is 4.16. The topological polar surface area (TPSA) is 35.6 Å². The van der Waals surface area contributed by atoms with Crippen LogP contribution in [-0.2, 0) is 0 Å². The maximum absolute atomic E-state index is 4.16. The van der Waals surface area contributed by atoms with Crippen LogP contribution in [0.2, 0.25) is 0 Å². The van der Waals surface area contributed by atoms with E-state index in [4.69, 9.17) is 0 Å². The van der Waals surface area contributed by atoms with Crippen LogP contribution < -0.4 is 0 Å². The number of imidazole rings is 2. The van der Waals surface area contributed by atoms with Gasteiger partial charge in [-0.1, -0.05) is 45.4 Å². The Morgan fingerprint density at radius 3 is 1.85 bits per heavy atom. The second-order valence-corrected chi connectivity index (χ2v) is 5.41. The molecule has 0 unspecified atom stereocenters. The number of rotatable bonds is 10. The molecule has 0 saturated heterocycles. The van der Waals surface area contributed by atoms with Gasteiger partial charge in [0.1, 0.15) is 6.17 Å². The van der Waals surface area contributed by atoms with Crippen LogP contribution in [-0.4, -0.2) is 19.1 Å². The molecule has 0 amide bonds. The van der Waals surface area contributed by atoms with Crippen molar-refractivity contribution in [2.24, 2.45) is 0 Å². The molecular weight excluding hydrogens is 248 g/mol. The first-order valence-corrected chi connectivity index (χ1v) is 7.86. The Morgan fingerprint density at radius 1 is 0.800 bits per heavy atom. The summed E-state index contributed by atoms with van der Waals surface area (Å²) in [4.78, 5) is 8.32. The number of hydrogen-bond donors (Lipinski definition) is 0. The summed E-state index contributed by atoms with van der Waals surface area (Å²) in [5, 5.41) is 0. The van der Waals surface area contributed by atoms with Gasteiger partial charge in [-0.25, -0.2) is 9.97 Å². The van der Waals surface area contributed by atoms with Crippen LogP contribution >= 0.6 is 0 Å². The lowest BCUT2D eigenvalue weighted by Gasteiger charge is -2.19. The largest absolute Gasteiger partial charge is 0.316 e. The second kappa shape index (κ2) is 8.56. The van der Waals surface area contributed by atoms with Crippen molar-refractivity contribution >= 4 is 0 Å². The van der Waals surface area contributed by atoms with Crippen LogP contribution in [0.1, 0.15) is 64.5 Å². The van der Waals surface area contributed by atoms with Crippen LogP contribution in [0.15, 0.2) is 37.4 Å². The summed E-state index contributed by atoms with van der Waals surface area (Å²) in [6.45, 7) is 2.26. The fourth-order valence-corrected chi connectivity index (χ4v) is 2.63. The highest BCUT2D eigenvalue weighted by molar-refractivity contribution is 4.86. The summed E-state index contributed by atoms with van der Waals surface area (Å²) in [5.41, 5.74) is 0. The van der Waals surface area contributed by atoms with Crippen LogP contribution in [0.25, 0.3) is 0 Å². The minimum Gasteiger partial charge on any atom is -0.316 e. The summed E-state index contributed by atoms with van der Waals surface area (Å²) in [6.07, 6.45) is 22.4. The Hall–Kier alpha value is -1.58. The third kappa shape index (κ3) is 4.51. The first-order chi connectivity index (χ1) is 9.92. The van der Waals surface area contributed by atoms with Crippen LogP contribution in [0.5, 0.6) is 0 Å². The minimum absolute atomic E-state index is 0.315. The van der Waals surface area contributed by atoms with Crippen LogP contribution in [0.3, 0.4) is 0 Å². The Balaban J connectivity index is 1.75. The Kier molecular flexibility index (Phi) is 6.35. The van der Waals surface area contributed by atoms with E-state index in [2.05, 4.69) is 26.0 Å². The predicted octanol–water partition coefficient (Wildman–Crippen LogP) is 4.27. The van der Waals surface area contributed by atoms with Crippen molar-refractivity contribution < 1.29 is 0 Å². The summed E-state index contributed by atoms with van der Waals surface area (Å²) in [5.74, 6) is 0. The molecular formula is C16H26N4. The van der Waals surface area contributed by atoms with E-state index in [0.717, 1.165) is 6.42 Å². The quantitative estimate of drug-likeness (QED) is 0.607. The van der Waals surface area contributed by atoms with Gasteiger partial charge in [-0.3, -0.25) is 0 Å². The lowest BCUT2D eigenvalue weighted by atomic mass is 10.1. The molecule has 0 spiro atoms. The van der Waals surface area contributed by atoms with Crippen molar-refractivity contribution in [3.05, 3.63) is 37.4 Å². The van der Waals surface area contributed by atoms with Gasteiger partial charge >= 0.3 is 0 Å². The zero-order chi connectivity index (χ0) is 14.0. The number of aromatic nitrogens is 4. The zero-order valence-corrected chi connectivity index (χ0v) is 12.5. The van der Waals surface area contributed by atoms with Gasteiger partial charge in [0.25, 0.3) is 0 Å². The van der Waals surface area contributed by atoms with E-state index in [1.165, 1.54) is 44.9 Å². The van der Waals surface area contributed by atoms with Crippen molar-refractivity contribution in [3.63, 3.8) is 0 Å². The van der Waals surface area contributed by atoms with Gasteiger partial charge in [-0.15, -0.1) is 0 Å². The van der Waals surface area contributed by atoms with E-state index in [1.54, 1.807) is 0 Å². The van der Waals surface area contributed by atoms with Gasteiger partial charge in [-0.05, 0) is 12.8 Å². The Labute approximate surface area is 121 Å². The summed E-state index contributed by atoms with van der Waals surface area (Å²) in [6, 6.07) is 0. The highest BCUT2D eigenvalue weighted by Crippen LogP contribution is 2.18. The van der Waals surface area contributed by atoms with Crippen LogP contribution in [0, 0.1) is 0 Å². The smallest absolute Gasteiger partial charge is 0.112 e. The van der Waals surface area contributed by atoms with E-state index < -0.39 is 0 Å². The Bertz CT molecular complexity index is 399. The summed E-state index contributed by atoms with van der Waals surface area (Å²) in [7, 11) is 0. The first kappa shape index (κ1) is 14.8. The van der Waals surface area contributed by atoms with Crippen molar-refractivity contribution in [3.8, 4) is 0 Å².